The van der Waals surface area contributed by atoms with Crippen LogP contribution in [0.4, 0.5) is 5.13 Å². The second-order valence-corrected chi connectivity index (χ2v) is 5.64. The van der Waals surface area contributed by atoms with Gasteiger partial charge in [0.1, 0.15) is 0 Å². The van der Waals surface area contributed by atoms with Crippen LogP contribution in [-0.4, -0.2) is 15.8 Å². The molecule has 0 spiro atoms. The molecule has 90 valence electrons. The number of hydrogen-bond donors (Lipinski definition) is 1. The summed E-state index contributed by atoms with van der Waals surface area (Å²) in [6.07, 6.45) is 0. The van der Waals surface area contributed by atoms with Gasteiger partial charge in [-0.3, -0.25) is 10.2 Å². The minimum atomic E-state index is -0.0311. The molecule has 2 heterocycles. The van der Waals surface area contributed by atoms with E-state index in [0.717, 1.165) is 16.2 Å². The maximum Gasteiger partial charge on any atom is 0.221 e. The highest BCUT2D eigenvalue weighted by Crippen LogP contribution is 2.33. The zero-order valence-corrected chi connectivity index (χ0v) is 11.1. The van der Waals surface area contributed by atoms with Gasteiger partial charge >= 0.3 is 0 Å². The average Bonchev–Trinajstić information content (AvgIpc) is 2.92. The number of rotatable bonds is 2. The average molecular weight is 275 g/mol. The molecule has 1 aromatic carbocycles. The third-order valence-corrected chi connectivity index (χ3v) is 4.32. The number of ketones is 1. The maximum atomic E-state index is 12.0. The van der Waals surface area contributed by atoms with Crippen LogP contribution in [0.3, 0.4) is 0 Å². The van der Waals surface area contributed by atoms with E-state index in [2.05, 4.69) is 15.5 Å². The molecule has 3 rings (SSSR count). The number of hydrogen-bond acceptors (Lipinski definition) is 6. The Hall–Kier alpha value is -1.66. The van der Waals surface area contributed by atoms with E-state index < -0.39 is 0 Å². The molecule has 0 atom stereocenters. The van der Waals surface area contributed by atoms with Crippen LogP contribution in [-0.2, 0) is 0 Å². The van der Waals surface area contributed by atoms with Crippen LogP contribution in [0.2, 0.25) is 0 Å². The molecule has 1 aliphatic rings. The van der Waals surface area contributed by atoms with Crippen molar-refractivity contribution in [3.63, 3.8) is 0 Å². The van der Waals surface area contributed by atoms with Crippen molar-refractivity contribution in [2.45, 2.75) is 11.8 Å². The van der Waals surface area contributed by atoms with Gasteiger partial charge in [0.2, 0.25) is 10.9 Å². The van der Waals surface area contributed by atoms with Crippen molar-refractivity contribution in [3.8, 4) is 0 Å². The minimum Gasteiger partial charge on any atom is -0.286 e. The summed E-state index contributed by atoms with van der Waals surface area (Å²) in [5.74, 6) is -0.0311. The third-order valence-electron chi connectivity index (χ3n) is 2.40. The Balaban J connectivity index is 1.82. The number of fused-ring (bicyclic) bond motifs is 1. The fourth-order valence-electron chi connectivity index (χ4n) is 1.59. The van der Waals surface area contributed by atoms with Gasteiger partial charge in [-0.2, -0.15) is 5.10 Å². The molecule has 0 saturated heterocycles. The van der Waals surface area contributed by atoms with E-state index in [1.165, 1.54) is 23.1 Å². The molecular weight excluding hydrogens is 266 g/mol. The van der Waals surface area contributed by atoms with Crippen LogP contribution in [0.25, 0.3) is 0 Å². The van der Waals surface area contributed by atoms with Crippen LogP contribution >= 0.6 is 23.1 Å². The lowest BCUT2D eigenvalue weighted by Gasteiger charge is -1.95. The predicted octanol–water partition coefficient (Wildman–Crippen LogP) is 3.17. The molecule has 0 fully saturated rings. The molecule has 18 heavy (non-hydrogen) atoms. The van der Waals surface area contributed by atoms with Crippen LogP contribution in [0.15, 0.2) is 39.6 Å². The van der Waals surface area contributed by atoms with Gasteiger partial charge in [0, 0.05) is 15.8 Å². The number of hydrazone groups is 1. The van der Waals surface area contributed by atoms with Crippen molar-refractivity contribution in [1.29, 1.82) is 0 Å². The molecule has 0 bridgehead atoms. The van der Waals surface area contributed by atoms with E-state index in [4.69, 9.17) is 0 Å². The van der Waals surface area contributed by atoms with Crippen molar-refractivity contribution in [3.05, 3.63) is 40.9 Å². The molecule has 1 N–H and O–H groups in total. The Morgan fingerprint density at radius 1 is 1.33 bits per heavy atom. The van der Waals surface area contributed by atoms with E-state index in [9.17, 15) is 4.79 Å². The van der Waals surface area contributed by atoms with Gasteiger partial charge in [-0.15, -0.1) is 11.3 Å². The number of benzene rings is 1. The smallest absolute Gasteiger partial charge is 0.221 e. The fourth-order valence-corrected chi connectivity index (χ4v) is 3.14. The predicted molar refractivity (Wildman–Crippen MR) is 74.5 cm³/mol. The standard InChI is InChI=1S/C12H9N3OS2/c1-7-6-17-12(13-7)15-14-11-10(16)8-4-2-3-5-9(8)18-11/h2-6H,1H3,(H,13,15)/b14-11-. The van der Waals surface area contributed by atoms with Gasteiger partial charge in [0.25, 0.3) is 0 Å². The fraction of sp³-hybridized carbons (Fsp3) is 0.0833. The van der Waals surface area contributed by atoms with Crippen molar-refractivity contribution in [2.24, 2.45) is 5.10 Å². The topological polar surface area (TPSA) is 54.4 Å². The first-order chi connectivity index (χ1) is 8.74. The lowest BCUT2D eigenvalue weighted by Crippen LogP contribution is -2.06. The second-order valence-electron chi connectivity index (χ2n) is 3.75. The number of thioether (sulfide) groups is 1. The molecule has 0 radical (unpaired) electrons. The summed E-state index contributed by atoms with van der Waals surface area (Å²) >= 11 is 2.85. The van der Waals surface area contributed by atoms with Crippen LogP contribution in [0.5, 0.6) is 0 Å². The third kappa shape index (κ3) is 2.04. The largest absolute Gasteiger partial charge is 0.286 e. The van der Waals surface area contributed by atoms with Gasteiger partial charge in [0.05, 0.1) is 5.69 Å². The number of aryl methyl sites for hydroxylation is 1. The highest BCUT2D eigenvalue weighted by Gasteiger charge is 2.27. The molecular formula is C12H9N3OS2. The van der Waals surface area contributed by atoms with Crippen LogP contribution in [0, 0.1) is 6.92 Å². The SMILES string of the molecule is Cc1csc(N/N=C2\Sc3ccccc3C2=O)n1. The van der Waals surface area contributed by atoms with Crippen LogP contribution in [0.1, 0.15) is 16.1 Å². The Morgan fingerprint density at radius 2 is 2.17 bits per heavy atom. The van der Waals surface area contributed by atoms with Crippen molar-refractivity contribution in [1.82, 2.24) is 4.98 Å². The first kappa shape index (κ1) is 11.4. The number of aromatic nitrogens is 1. The van der Waals surface area contributed by atoms with Gasteiger partial charge in [-0.25, -0.2) is 4.98 Å². The van der Waals surface area contributed by atoms with Crippen molar-refractivity contribution >= 4 is 39.1 Å². The number of thiazole rings is 1. The first-order valence-corrected chi connectivity index (χ1v) is 7.01. The second kappa shape index (κ2) is 4.55. The monoisotopic (exact) mass is 275 g/mol. The molecule has 1 aliphatic heterocycles. The van der Waals surface area contributed by atoms with E-state index in [1.807, 2.05) is 36.6 Å². The Bertz CT molecular complexity index is 648. The number of carbonyl (C=O) groups is 1. The number of Topliss-reactive ketones (excluding diaryl/α,β-unsaturated/α-hetero) is 1. The molecule has 6 heteroatoms. The van der Waals surface area contributed by atoms with Crippen molar-refractivity contribution in [2.75, 3.05) is 5.43 Å². The summed E-state index contributed by atoms with van der Waals surface area (Å²) in [7, 11) is 0. The highest BCUT2D eigenvalue weighted by atomic mass is 32.2. The van der Waals surface area contributed by atoms with E-state index in [0.29, 0.717) is 10.2 Å². The summed E-state index contributed by atoms with van der Waals surface area (Å²) in [5, 5.41) is 7.22. The molecule has 1 aromatic heterocycles. The molecule has 0 amide bonds. The van der Waals surface area contributed by atoms with E-state index in [-0.39, 0.29) is 5.78 Å². The lowest BCUT2D eigenvalue weighted by molar-refractivity contribution is 0.106. The number of anilines is 1. The van der Waals surface area contributed by atoms with Gasteiger partial charge in [0.15, 0.2) is 5.04 Å². The Kier molecular flexibility index (Phi) is 2.89. The molecule has 4 nitrogen and oxygen atoms in total. The van der Waals surface area contributed by atoms with Crippen LogP contribution < -0.4 is 5.43 Å². The highest BCUT2D eigenvalue weighted by molar-refractivity contribution is 8.16. The summed E-state index contributed by atoms with van der Waals surface area (Å²) < 4.78 is 0. The summed E-state index contributed by atoms with van der Waals surface area (Å²) in [6.45, 7) is 1.92. The summed E-state index contributed by atoms with van der Waals surface area (Å²) in [6, 6.07) is 7.52. The number of nitrogens with zero attached hydrogens (tertiary/aromatic N) is 2. The molecule has 2 aromatic rings. The van der Waals surface area contributed by atoms with Gasteiger partial charge < -0.3 is 0 Å². The summed E-state index contributed by atoms with van der Waals surface area (Å²) in [5.41, 5.74) is 4.49. The molecule has 0 unspecified atom stereocenters. The van der Waals surface area contributed by atoms with Crippen molar-refractivity contribution < 1.29 is 4.79 Å². The van der Waals surface area contributed by atoms with Gasteiger partial charge in [-0.1, -0.05) is 23.9 Å². The minimum absolute atomic E-state index is 0.0311. The lowest BCUT2D eigenvalue weighted by atomic mass is 10.1. The normalized spacial score (nSPS) is 16.1. The number of nitrogens with one attached hydrogen (secondary N) is 1. The molecule has 0 saturated carbocycles. The zero-order valence-electron chi connectivity index (χ0n) is 9.51. The number of carbonyl (C=O) groups excluding carboxylic acids is 1. The van der Waals surface area contributed by atoms with E-state index in [1.54, 1.807) is 0 Å². The van der Waals surface area contributed by atoms with Gasteiger partial charge in [-0.05, 0) is 19.1 Å². The quantitative estimate of drug-likeness (QED) is 0.855. The molecule has 0 aliphatic carbocycles. The Morgan fingerprint density at radius 3 is 2.89 bits per heavy atom. The Labute approximate surface area is 112 Å². The zero-order chi connectivity index (χ0) is 12.5. The maximum absolute atomic E-state index is 12.0. The first-order valence-electron chi connectivity index (χ1n) is 5.31. The van der Waals surface area contributed by atoms with E-state index >= 15 is 0 Å². The summed E-state index contributed by atoms with van der Waals surface area (Å²) in [4.78, 5) is 17.2.